The Kier molecular flexibility index (Phi) is 5.56. The zero-order chi connectivity index (χ0) is 20.4. The standard InChI is InChI=1S/C23H26N2O3S/c1-17-13-20-15-24-10-7-19(20)14-23(17)28-21-8-11-25(12-9-21)16-18-3-5-22(6-4-18)29(2,26)27/h3-7,10,13-15,21H,8-9,11-12,16H2,1-2H3. The number of aromatic nitrogens is 1. The van der Waals surface area contributed by atoms with E-state index in [1.54, 1.807) is 12.1 Å². The highest BCUT2D eigenvalue weighted by atomic mass is 32.2. The molecule has 29 heavy (non-hydrogen) atoms. The lowest BCUT2D eigenvalue weighted by molar-refractivity contribution is 0.0964. The second kappa shape index (κ2) is 8.13. The maximum atomic E-state index is 11.6. The molecule has 2 heterocycles. The molecule has 1 fully saturated rings. The van der Waals surface area contributed by atoms with E-state index in [2.05, 4.69) is 28.9 Å². The summed E-state index contributed by atoms with van der Waals surface area (Å²) in [6.07, 6.45) is 7.11. The number of hydrogen-bond acceptors (Lipinski definition) is 5. The Balaban J connectivity index is 1.34. The summed E-state index contributed by atoms with van der Waals surface area (Å²) in [5.41, 5.74) is 2.27. The molecule has 1 aromatic heterocycles. The van der Waals surface area contributed by atoms with Gasteiger partial charge in [-0.05, 0) is 66.6 Å². The van der Waals surface area contributed by atoms with Gasteiger partial charge in [-0.1, -0.05) is 12.1 Å². The van der Waals surface area contributed by atoms with Crippen LogP contribution in [0.5, 0.6) is 5.75 Å². The second-order valence-corrected chi connectivity index (χ2v) is 9.87. The average molecular weight is 411 g/mol. The van der Waals surface area contributed by atoms with Crippen LogP contribution in [0.3, 0.4) is 0 Å². The van der Waals surface area contributed by atoms with Crippen molar-refractivity contribution < 1.29 is 13.2 Å². The molecule has 2 aromatic carbocycles. The molecule has 1 saturated heterocycles. The molecule has 0 N–H and O–H groups in total. The van der Waals surface area contributed by atoms with E-state index in [9.17, 15) is 8.42 Å². The molecule has 4 rings (SSSR count). The Morgan fingerprint density at radius 2 is 1.79 bits per heavy atom. The number of likely N-dealkylation sites (tertiary alicyclic amines) is 1. The van der Waals surface area contributed by atoms with Crippen LogP contribution in [0.4, 0.5) is 0 Å². The Labute approximate surface area is 172 Å². The largest absolute Gasteiger partial charge is 0.490 e. The fourth-order valence-corrected chi connectivity index (χ4v) is 4.45. The Morgan fingerprint density at radius 1 is 1.07 bits per heavy atom. The van der Waals surface area contributed by atoms with Crippen molar-refractivity contribution in [3.05, 3.63) is 66.0 Å². The molecule has 0 aliphatic carbocycles. The van der Waals surface area contributed by atoms with Crippen molar-refractivity contribution in [3.63, 3.8) is 0 Å². The van der Waals surface area contributed by atoms with E-state index in [1.165, 1.54) is 6.26 Å². The maximum Gasteiger partial charge on any atom is 0.175 e. The van der Waals surface area contributed by atoms with Crippen LogP contribution in [0.15, 0.2) is 59.8 Å². The zero-order valence-electron chi connectivity index (χ0n) is 16.8. The summed E-state index contributed by atoms with van der Waals surface area (Å²) in [5.74, 6) is 0.957. The molecule has 0 saturated carbocycles. The monoisotopic (exact) mass is 410 g/mol. The van der Waals surface area contributed by atoms with Crippen LogP contribution in [-0.2, 0) is 16.4 Å². The van der Waals surface area contributed by atoms with Crippen molar-refractivity contribution in [1.29, 1.82) is 0 Å². The summed E-state index contributed by atoms with van der Waals surface area (Å²) in [7, 11) is -3.14. The fraction of sp³-hybridized carbons (Fsp3) is 0.348. The third kappa shape index (κ3) is 4.77. The first-order valence-corrected chi connectivity index (χ1v) is 11.8. The molecular formula is C23H26N2O3S. The minimum Gasteiger partial charge on any atom is -0.490 e. The molecule has 0 unspecified atom stereocenters. The van der Waals surface area contributed by atoms with E-state index < -0.39 is 9.84 Å². The third-order valence-corrected chi connectivity index (χ3v) is 6.65. The quantitative estimate of drug-likeness (QED) is 0.637. The van der Waals surface area contributed by atoms with Gasteiger partial charge >= 0.3 is 0 Å². The zero-order valence-corrected chi connectivity index (χ0v) is 17.7. The molecule has 6 heteroatoms. The fourth-order valence-electron chi connectivity index (χ4n) is 3.82. The maximum absolute atomic E-state index is 11.6. The summed E-state index contributed by atoms with van der Waals surface area (Å²) in [6, 6.07) is 13.5. The van der Waals surface area contributed by atoms with Gasteiger partial charge in [0.1, 0.15) is 11.9 Å². The highest BCUT2D eigenvalue weighted by Gasteiger charge is 2.21. The first-order valence-electron chi connectivity index (χ1n) is 9.91. The van der Waals surface area contributed by atoms with Gasteiger partial charge in [0.05, 0.1) is 4.90 Å². The SMILES string of the molecule is Cc1cc2cnccc2cc1OC1CCN(Cc2ccc(S(C)(=O)=O)cc2)CC1. The molecule has 1 aliphatic heterocycles. The first kappa shape index (κ1) is 19.9. The summed E-state index contributed by atoms with van der Waals surface area (Å²) in [4.78, 5) is 6.95. The molecule has 0 radical (unpaired) electrons. The van der Waals surface area contributed by atoms with Crippen molar-refractivity contribution in [3.8, 4) is 5.75 Å². The Hall–Kier alpha value is -2.44. The highest BCUT2D eigenvalue weighted by Crippen LogP contribution is 2.28. The average Bonchev–Trinajstić information content (AvgIpc) is 2.70. The predicted octanol–water partition coefficient (Wildman–Crippen LogP) is 3.99. The van der Waals surface area contributed by atoms with Crippen LogP contribution in [0.25, 0.3) is 10.8 Å². The number of nitrogens with zero attached hydrogens (tertiary/aromatic N) is 2. The van der Waals surface area contributed by atoms with Crippen LogP contribution in [0, 0.1) is 6.92 Å². The van der Waals surface area contributed by atoms with Crippen LogP contribution in [-0.4, -0.2) is 43.8 Å². The number of hydrogen-bond donors (Lipinski definition) is 0. The molecule has 0 atom stereocenters. The number of sulfone groups is 1. The summed E-state index contributed by atoms with van der Waals surface area (Å²) in [5, 5.41) is 2.28. The van der Waals surface area contributed by atoms with Crippen LogP contribution in [0.2, 0.25) is 0 Å². The van der Waals surface area contributed by atoms with Gasteiger partial charge in [-0.3, -0.25) is 9.88 Å². The van der Waals surface area contributed by atoms with E-state index in [4.69, 9.17) is 4.74 Å². The lowest BCUT2D eigenvalue weighted by Gasteiger charge is -2.32. The molecule has 1 aliphatic rings. The third-order valence-electron chi connectivity index (χ3n) is 5.52. The second-order valence-electron chi connectivity index (χ2n) is 7.85. The normalized spacial score (nSPS) is 16.2. The van der Waals surface area contributed by atoms with E-state index in [1.807, 2.05) is 30.6 Å². The van der Waals surface area contributed by atoms with E-state index in [-0.39, 0.29) is 6.10 Å². The topological polar surface area (TPSA) is 59.5 Å². The molecule has 0 bridgehead atoms. The lowest BCUT2D eigenvalue weighted by Crippen LogP contribution is -2.37. The Morgan fingerprint density at radius 3 is 2.48 bits per heavy atom. The van der Waals surface area contributed by atoms with Crippen molar-refractivity contribution in [2.45, 2.75) is 37.3 Å². The van der Waals surface area contributed by atoms with Gasteiger partial charge in [-0.25, -0.2) is 8.42 Å². The van der Waals surface area contributed by atoms with Gasteiger partial charge in [0.2, 0.25) is 0 Å². The number of piperidine rings is 1. The van der Waals surface area contributed by atoms with Crippen LogP contribution in [0.1, 0.15) is 24.0 Å². The highest BCUT2D eigenvalue weighted by molar-refractivity contribution is 7.90. The van der Waals surface area contributed by atoms with E-state index >= 15 is 0 Å². The number of rotatable bonds is 5. The Bertz CT molecular complexity index is 1100. The van der Waals surface area contributed by atoms with E-state index in [0.29, 0.717) is 4.90 Å². The van der Waals surface area contributed by atoms with E-state index in [0.717, 1.165) is 60.1 Å². The van der Waals surface area contributed by atoms with Gasteiger partial charge in [-0.15, -0.1) is 0 Å². The van der Waals surface area contributed by atoms with Crippen LogP contribution >= 0.6 is 0 Å². The molecule has 152 valence electrons. The predicted molar refractivity (Wildman–Crippen MR) is 115 cm³/mol. The molecule has 0 spiro atoms. The van der Waals surface area contributed by atoms with Crippen molar-refractivity contribution >= 4 is 20.6 Å². The van der Waals surface area contributed by atoms with Crippen molar-refractivity contribution in [1.82, 2.24) is 9.88 Å². The van der Waals surface area contributed by atoms with Crippen molar-refractivity contribution in [2.24, 2.45) is 0 Å². The number of pyridine rings is 1. The minimum absolute atomic E-state index is 0.219. The number of benzene rings is 2. The van der Waals surface area contributed by atoms with Crippen LogP contribution < -0.4 is 4.74 Å². The lowest BCUT2D eigenvalue weighted by atomic mass is 10.1. The van der Waals surface area contributed by atoms with Crippen molar-refractivity contribution in [2.75, 3.05) is 19.3 Å². The number of ether oxygens (including phenoxy) is 1. The first-order chi connectivity index (χ1) is 13.9. The summed E-state index contributed by atoms with van der Waals surface area (Å²) >= 11 is 0. The minimum atomic E-state index is -3.14. The number of fused-ring (bicyclic) bond motifs is 1. The van der Waals surface area contributed by atoms with Gasteiger partial charge in [0.25, 0.3) is 0 Å². The molecular weight excluding hydrogens is 384 g/mol. The molecule has 0 amide bonds. The van der Waals surface area contributed by atoms with Gasteiger partial charge in [0.15, 0.2) is 9.84 Å². The van der Waals surface area contributed by atoms with Gasteiger partial charge in [0, 0.05) is 43.7 Å². The molecule has 3 aromatic rings. The molecule has 5 nitrogen and oxygen atoms in total. The summed E-state index contributed by atoms with van der Waals surface area (Å²) < 4.78 is 29.5. The smallest absolute Gasteiger partial charge is 0.175 e. The van der Waals surface area contributed by atoms with Gasteiger partial charge < -0.3 is 4.74 Å². The van der Waals surface area contributed by atoms with Gasteiger partial charge in [-0.2, -0.15) is 0 Å². The number of aryl methyl sites for hydroxylation is 1. The summed E-state index contributed by atoms with van der Waals surface area (Å²) in [6.45, 7) is 4.85.